The zero-order chi connectivity index (χ0) is 14.7. The number of hydrogen-bond acceptors (Lipinski definition) is 3. The van der Waals surface area contributed by atoms with Crippen LogP contribution in [0.2, 0.25) is 0 Å². The quantitative estimate of drug-likeness (QED) is 0.916. The van der Waals surface area contributed by atoms with Gasteiger partial charge in [0.1, 0.15) is 5.82 Å². The Labute approximate surface area is 118 Å². The van der Waals surface area contributed by atoms with Gasteiger partial charge >= 0.3 is 0 Å². The molecular formula is C15H21FN2O2. The number of aliphatic hydroxyl groups excluding tert-OH is 1. The van der Waals surface area contributed by atoms with Crippen LogP contribution in [-0.4, -0.2) is 42.6 Å². The third kappa shape index (κ3) is 3.10. The van der Waals surface area contributed by atoms with Gasteiger partial charge in [-0.2, -0.15) is 0 Å². The first-order valence-corrected chi connectivity index (χ1v) is 6.96. The summed E-state index contributed by atoms with van der Waals surface area (Å²) in [6.07, 6.45) is 1.19. The maximum Gasteiger partial charge on any atom is 0.242 e. The lowest BCUT2D eigenvalue weighted by molar-refractivity contribution is -0.128. The van der Waals surface area contributed by atoms with Gasteiger partial charge in [-0.3, -0.25) is 4.79 Å². The molecule has 1 N–H and O–H groups in total. The molecule has 5 heteroatoms. The van der Waals surface area contributed by atoms with Crippen LogP contribution in [-0.2, 0) is 4.79 Å². The highest BCUT2D eigenvalue weighted by atomic mass is 19.1. The van der Waals surface area contributed by atoms with E-state index in [1.807, 2.05) is 4.90 Å². The van der Waals surface area contributed by atoms with Crippen LogP contribution in [0.1, 0.15) is 31.4 Å². The zero-order valence-electron chi connectivity index (χ0n) is 12.0. The molecule has 4 nitrogen and oxygen atoms in total. The SMILES string of the molecule is C[C@@H](O)c1c(F)cccc1N(C)CC(=O)N1CCCC1. The molecule has 0 unspecified atom stereocenters. The standard InChI is InChI=1S/C15H21FN2O2/c1-11(19)15-12(16)6-5-7-13(15)17(2)10-14(20)18-8-3-4-9-18/h5-7,11,19H,3-4,8-10H2,1-2H3/t11-/m1/s1. The Morgan fingerprint density at radius 2 is 2.10 bits per heavy atom. The lowest BCUT2D eigenvalue weighted by Crippen LogP contribution is -2.37. The number of rotatable bonds is 4. The van der Waals surface area contributed by atoms with Crippen molar-refractivity contribution in [2.75, 3.05) is 31.6 Å². The van der Waals surface area contributed by atoms with E-state index in [2.05, 4.69) is 0 Å². The van der Waals surface area contributed by atoms with Crippen molar-refractivity contribution in [1.29, 1.82) is 0 Å². The Bertz CT molecular complexity index is 485. The first-order chi connectivity index (χ1) is 9.50. The number of carbonyl (C=O) groups excluding carboxylic acids is 1. The summed E-state index contributed by atoms with van der Waals surface area (Å²) in [6, 6.07) is 4.64. The first kappa shape index (κ1) is 14.8. The largest absolute Gasteiger partial charge is 0.389 e. The summed E-state index contributed by atoms with van der Waals surface area (Å²) >= 11 is 0. The first-order valence-electron chi connectivity index (χ1n) is 6.96. The fourth-order valence-electron chi connectivity index (χ4n) is 2.63. The summed E-state index contributed by atoms with van der Waals surface area (Å²) in [6.45, 7) is 3.33. The summed E-state index contributed by atoms with van der Waals surface area (Å²) < 4.78 is 13.8. The van der Waals surface area contributed by atoms with Crippen molar-refractivity contribution >= 4 is 11.6 Å². The Morgan fingerprint density at radius 1 is 1.45 bits per heavy atom. The molecule has 1 aromatic rings. The van der Waals surface area contributed by atoms with Crippen LogP contribution in [0.5, 0.6) is 0 Å². The highest BCUT2D eigenvalue weighted by Crippen LogP contribution is 2.28. The topological polar surface area (TPSA) is 43.8 Å². The van der Waals surface area contributed by atoms with Gasteiger partial charge < -0.3 is 14.9 Å². The average Bonchev–Trinajstić information content (AvgIpc) is 2.91. The molecule has 1 aromatic carbocycles. The molecule has 1 heterocycles. The summed E-state index contributed by atoms with van der Waals surface area (Å²) in [5.74, 6) is -0.399. The second kappa shape index (κ2) is 6.22. The third-order valence-corrected chi connectivity index (χ3v) is 3.69. The van der Waals surface area contributed by atoms with Crippen molar-refractivity contribution in [3.05, 3.63) is 29.6 Å². The zero-order valence-corrected chi connectivity index (χ0v) is 12.0. The van der Waals surface area contributed by atoms with Gasteiger partial charge in [0.2, 0.25) is 5.91 Å². The Kier molecular flexibility index (Phi) is 4.60. The molecular weight excluding hydrogens is 259 g/mol. The maximum absolute atomic E-state index is 13.8. The second-order valence-electron chi connectivity index (χ2n) is 5.29. The van der Waals surface area contributed by atoms with Gasteiger partial charge in [-0.05, 0) is 31.9 Å². The molecule has 1 aliphatic heterocycles. The number of likely N-dealkylation sites (N-methyl/N-ethyl adjacent to an activating group) is 1. The van der Waals surface area contributed by atoms with Crippen LogP contribution in [0, 0.1) is 5.82 Å². The van der Waals surface area contributed by atoms with Crippen molar-refractivity contribution in [2.45, 2.75) is 25.9 Å². The minimum atomic E-state index is -0.907. The molecule has 1 aliphatic rings. The predicted molar refractivity (Wildman–Crippen MR) is 76.1 cm³/mol. The van der Waals surface area contributed by atoms with Crippen molar-refractivity contribution in [1.82, 2.24) is 4.90 Å². The third-order valence-electron chi connectivity index (χ3n) is 3.69. The number of carbonyl (C=O) groups is 1. The van der Waals surface area contributed by atoms with E-state index in [0.717, 1.165) is 25.9 Å². The second-order valence-corrected chi connectivity index (χ2v) is 5.29. The molecule has 1 amide bonds. The number of amides is 1. The fraction of sp³-hybridized carbons (Fsp3) is 0.533. The van der Waals surface area contributed by atoms with E-state index in [1.54, 1.807) is 24.1 Å². The monoisotopic (exact) mass is 280 g/mol. The van der Waals surface area contributed by atoms with E-state index < -0.39 is 11.9 Å². The van der Waals surface area contributed by atoms with Gasteiger partial charge in [-0.15, -0.1) is 0 Å². The van der Waals surface area contributed by atoms with Crippen LogP contribution < -0.4 is 4.90 Å². The lowest BCUT2D eigenvalue weighted by atomic mass is 10.1. The Balaban J connectivity index is 2.14. The number of aliphatic hydroxyl groups is 1. The van der Waals surface area contributed by atoms with Gasteiger partial charge in [0.25, 0.3) is 0 Å². The molecule has 1 atom stereocenters. The lowest BCUT2D eigenvalue weighted by Gasteiger charge is -2.25. The fourth-order valence-corrected chi connectivity index (χ4v) is 2.63. The Morgan fingerprint density at radius 3 is 2.70 bits per heavy atom. The van der Waals surface area contributed by atoms with Gasteiger partial charge in [-0.25, -0.2) is 4.39 Å². The number of nitrogens with zero attached hydrogens (tertiary/aromatic N) is 2. The van der Waals surface area contributed by atoms with E-state index in [0.29, 0.717) is 5.69 Å². The Hall–Kier alpha value is -1.62. The molecule has 0 aliphatic carbocycles. The van der Waals surface area contributed by atoms with E-state index in [-0.39, 0.29) is 18.0 Å². The molecule has 110 valence electrons. The highest BCUT2D eigenvalue weighted by molar-refractivity contribution is 5.82. The minimum absolute atomic E-state index is 0.0470. The average molecular weight is 280 g/mol. The molecule has 0 aromatic heterocycles. The number of likely N-dealkylation sites (tertiary alicyclic amines) is 1. The van der Waals surface area contributed by atoms with Crippen molar-refractivity contribution < 1.29 is 14.3 Å². The van der Waals surface area contributed by atoms with Crippen LogP contribution in [0.15, 0.2) is 18.2 Å². The van der Waals surface area contributed by atoms with E-state index in [4.69, 9.17) is 0 Å². The molecule has 0 saturated carbocycles. The van der Waals surface area contributed by atoms with Crippen molar-refractivity contribution in [3.8, 4) is 0 Å². The smallest absolute Gasteiger partial charge is 0.242 e. The molecule has 0 bridgehead atoms. The molecule has 1 saturated heterocycles. The van der Waals surface area contributed by atoms with Gasteiger partial charge in [0.05, 0.1) is 12.6 Å². The van der Waals surface area contributed by atoms with Crippen molar-refractivity contribution in [3.63, 3.8) is 0 Å². The van der Waals surface area contributed by atoms with Crippen LogP contribution >= 0.6 is 0 Å². The summed E-state index contributed by atoms with van der Waals surface area (Å²) in [4.78, 5) is 15.7. The van der Waals surface area contributed by atoms with Crippen LogP contribution in [0.3, 0.4) is 0 Å². The normalized spacial score (nSPS) is 16.3. The number of halogens is 1. The van der Waals surface area contributed by atoms with E-state index in [1.165, 1.54) is 13.0 Å². The highest BCUT2D eigenvalue weighted by Gasteiger charge is 2.22. The summed E-state index contributed by atoms with van der Waals surface area (Å²) in [7, 11) is 1.74. The van der Waals surface area contributed by atoms with Gasteiger partial charge in [0, 0.05) is 31.4 Å². The summed E-state index contributed by atoms with van der Waals surface area (Å²) in [5.41, 5.74) is 0.803. The molecule has 1 fully saturated rings. The summed E-state index contributed by atoms with van der Waals surface area (Å²) in [5, 5.41) is 9.72. The number of anilines is 1. The van der Waals surface area contributed by atoms with Crippen LogP contribution in [0.4, 0.5) is 10.1 Å². The predicted octanol–water partition coefficient (Wildman–Crippen LogP) is 1.94. The van der Waals surface area contributed by atoms with Crippen LogP contribution in [0.25, 0.3) is 0 Å². The van der Waals surface area contributed by atoms with E-state index >= 15 is 0 Å². The van der Waals surface area contributed by atoms with Gasteiger partial charge in [0.15, 0.2) is 0 Å². The van der Waals surface area contributed by atoms with Crippen molar-refractivity contribution in [2.24, 2.45) is 0 Å². The van der Waals surface area contributed by atoms with Gasteiger partial charge in [-0.1, -0.05) is 6.07 Å². The minimum Gasteiger partial charge on any atom is -0.389 e. The maximum atomic E-state index is 13.8. The molecule has 0 spiro atoms. The van der Waals surface area contributed by atoms with E-state index in [9.17, 15) is 14.3 Å². The number of benzene rings is 1. The molecule has 20 heavy (non-hydrogen) atoms. The number of hydrogen-bond donors (Lipinski definition) is 1. The molecule has 0 radical (unpaired) electrons. The molecule has 2 rings (SSSR count).